The molecule has 0 N–H and O–H groups in total. The van der Waals surface area contributed by atoms with Crippen LogP contribution < -0.4 is 18.9 Å². The summed E-state index contributed by atoms with van der Waals surface area (Å²) < 4.78 is 22.5. The molecule has 8 nitrogen and oxygen atoms in total. The maximum absolute atomic E-state index is 13.6. The van der Waals surface area contributed by atoms with Crippen molar-refractivity contribution >= 4 is 17.9 Å². The molecule has 1 aliphatic heterocycles. The number of carbonyl (C=O) groups excluding carboxylic acids is 2. The van der Waals surface area contributed by atoms with Crippen molar-refractivity contribution in [2.45, 2.75) is 33.8 Å². The van der Waals surface area contributed by atoms with Crippen LogP contribution >= 0.6 is 0 Å². The van der Waals surface area contributed by atoms with E-state index in [9.17, 15) is 14.9 Å². The molecule has 216 valence electrons. The van der Waals surface area contributed by atoms with Crippen LogP contribution in [0.15, 0.2) is 77.4 Å². The normalized spacial score (nSPS) is 14.2. The maximum Gasteiger partial charge on any atom is 0.271 e. The Morgan fingerprint density at radius 3 is 2.17 bits per heavy atom. The average Bonchev–Trinajstić information content (AvgIpc) is 3.00. The van der Waals surface area contributed by atoms with Crippen LogP contribution in [0.25, 0.3) is 6.08 Å². The zero-order valence-electron chi connectivity index (χ0n) is 24.5. The lowest BCUT2D eigenvalue weighted by Gasteiger charge is -2.27. The number of nitrogens with zero attached hydrogens (tertiary/aromatic N) is 2. The quantitative estimate of drug-likeness (QED) is 0.213. The van der Waals surface area contributed by atoms with Gasteiger partial charge in [-0.2, -0.15) is 5.26 Å². The molecule has 0 bridgehead atoms. The second-order valence-electron chi connectivity index (χ2n) is 9.78. The van der Waals surface area contributed by atoms with Crippen LogP contribution in [0.5, 0.6) is 23.0 Å². The molecule has 0 saturated heterocycles. The van der Waals surface area contributed by atoms with Gasteiger partial charge in [0.2, 0.25) is 0 Å². The van der Waals surface area contributed by atoms with E-state index >= 15 is 0 Å². The summed E-state index contributed by atoms with van der Waals surface area (Å²) in [5, 5.41) is 9.79. The summed E-state index contributed by atoms with van der Waals surface area (Å²) in [4.78, 5) is 27.9. The molecule has 0 aliphatic carbocycles. The highest BCUT2D eigenvalue weighted by Crippen LogP contribution is 2.33. The van der Waals surface area contributed by atoms with Crippen molar-refractivity contribution in [3.05, 3.63) is 99.6 Å². The van der Waals surface area contributed by atoms with Crippen LogP contribution in [0.2, 0.25) is 0 Å². The van der Waals surface area contributed by atoms with Crippen molar-refractivity contribution in [2.24, 2.45) is 0 Å². The third-order valence-corrected chi connectivity index (χ3v) is 6.99. The summed E-state index contributed by atoms with van der Waals surface area (Å²) in [6, 6.07) is 20.9. The number of aryl methyl sites for hydroxylation is 1. The lowest BCUT2D eigenvalue weighted by atomic mass is 9.93. The third kappa shape index (κ3) is 6.64. The van der Waals surface area contributed by atoms with Crippen LogP contribution in [-0.2, 0) is 22.6 Å². The van der Waals surface area contributed by atoms with Gasteiger partial charge in [-0.05, 0) is 79.8 Å². The van der Waals surface area contributed by atoms with E-state index in [4.69, 9.17) is 18.9 Å². The minimum Gasteiger partial charge on any atom is -0.493 e. The van der Waals surface area contributed by atoms with E-state index in [-0.39, 0.29) is 17.7 Å². The predicted octanol–water partition coefficient (Wildman–Crippen LogP) is 5.82. The SMILES string of the molecule is CCOc1cc(/C=C2/C(=O)N(CCc3ccc(OC)c(OC)c3)C(=O)C(C#N)=C2C)ccc1OCc1ccc(C)cc1. The first-order chi connectivity index (χ1) is 20.3. The van der Waals surface area contributed by atoms with Crippen molar-refractivity contribution in [2.75, 3.05) is 27.4 Å². The largest absolute Gasteiger partial charge is 0.493 e. The van der Waals surface area contributed by atoms with E-state index in [0.717, 1.165) is 16.0 Å². The van der Waals surface area contributed by atoms with Gasteiger partial charge < -0.3 is 18.9 Å². The monoisotopic (exact) mass is 566 g/mol. The van der Waals surface area contributed by atoms with Gasteiger partial charge in [0.15, 0.2) is 23.0 Å². The number of hydrogen-bond donors (Lipinski definition) is 0. The van der Waals surface area contributed by atoms with Gasteiger partial charge in [0.25, 0.3) is 11.8 Å². The Labute approximate surface area is 246 Å². The van der Waals surface area contributed by atoms with Gasteiger partial charge in [0, 0.05) is 12.1 Å². The number of nitriles is 1. The highest BCUT2D eigenvalue weighted by Gasteiger charge is 2.35. The molecular weight excluding hydrogens is 532 g/mol. The third-order valence-electron chi connectivity index (χ3n) is 6.99. The smallest absolute Gasteiger partial charge is 0.271 e. The number of imide groups is 1. The van der Waals surface area contributed by atoms with E-state index in [2.05, 4.69) is 0 Å². The Morgan fingerprint density at radius 1 is 0.810 bits per heavy atom. The van der Waals surface area contributed by atoms with Crippen LogP contribution in [0.3, 0.4) is 0 Å². The Bertz CT molecular complexity index is 1580. The number of hydrogen-bond acceptors (Lipinski definition) is 7. The first-order valence-electron chi connectivity index (χ1n) is 13.6. The summed E-state index contributed by atoms with van der Waals surface area (Å²) in [7, 11) is 3.10. The molecule has 0 spiro atoms. The van der Waals surface area contributed by atoms with E-state index in [1.165, 1.54) is 5.56 Å². The van der Waals surface area contributed by atoms with Crippen LogP contribution in [-0.4, -0.2) is 44.1 Å². The molecule has 3 aromatic carbocycles. The van der Waals surface area contributed by atoms with E-state index < -0.39 is 11.8 Å². The number of benzene rings is 3. The predicted molar refractivity (Wildman–Crippen MR) is 159 cm³/mol. The van der Waals surface area contributed by atoms with Gasteiger partial charge in [-0.25, -0.2) is 0 Å². The molecule has 0 saturated carbocycles. The van der Waals surface area contributed by atoms with Crippen molar-refractivity contribution in [3.63, 3.8) is 0 Å². The molecule has 8 heteroatoms. The Hall–Kier alpha value is -5.03. The van der Waals surface area contributed by atoms with Crippen molar-refractivity contribution in [1.82, 2.24) is 4.90 Å². The summed E-state index contributed by atoms with van der Waals surface area (Å²) >= 11 is 0. The number of carbonyl (C=O) groups is 2. The fraction of sp³-hybridized carbons (Fsp3) is 0.265. The summed E-state index contributed by atoms with van der Waals surface area (Å²) in [6.45, 7) is 6.44. The van der Waals surface area contributed by atoms with Gasteiger partial charge >= 0.3 is 0 Å². The first kappa shape index (κ1) is 29.9. The topological polar surface area (TPSA) is 98.1 Å². The number of amides is 2. The molecule has 0 fully saturated rings. The van der Waals surface area contributed by atoms with Crippen molar-refractivity contribution < 1.29 is 28.5 Å². The molecule has 2 amide bonds. The lowest BCUT2D eigenvalue weighted by Crippen LogP contribution is -2.43. The van der Waals surface area contributed by atoms with E-state index in [1.54, 1.807) is 51.5 Å². The van der Waals surface area contributed by atoms with Gasteiger partial charge in [0.1, 0.15) is 18.2 Å². The average molecular weight is 567 g/mol. The first-order valence-corrected chi connectivity index (χ1v) is 13.6. The fourth-order valence-corrected chi connectivity index (χ4v) is 4.62. The molecule has 42 heavy (non-hydrogen) atoms. The highest BCUT2D eigenvalue weighted by atomic mass is 16.5. The zero-order chi connectivity index (χ0) is 30.2. The van der Waals surface area contributed by atoms with Gasteiger partial charge in [-0.1, -0.05) is 42.0 Å². The second kappa shape index (κ2) is 13.6. The molecular formula is C34H34N2O6. The molecule has 1 aliphatic rings. The molecule has 3 aromatic rings. The Kier molecular flexibility index (Phi) is 9.66. The standard InChI is InChI=1S/C34H34N2O6/c1-6-41-32-19-26(12-14-30(32)42-21-25-9-7-22(2)8-10-25)17-27-23(3)28(20-35)34(38)36(33(27)37)16-15-24-11-13-29(39-4)31(18-24)40-5/h7-14,17-19H,6,15-16,21H2,1-5H3/b27-17+. The number of rotatable bonds is 11. The Morgan fingerprint density at radius 2 is 1.50 bits per heavy atom. The lowest BCUT2D eigenvalue weighted by molar-refractivity contribution is -0.140. The Balaban J connectivity index is 1.59. The minimum absolute atomic E-state index is 0.0590. The van der Waals surface area contributed by atoms with E-state index in [1.807, 2.05) is 56.3 Å². The van der Waals surface area contributed by atoms with Crippen LogP contribution in [0, 0.1) is 18.3 Å². The van der Waals surface area contributed by atoms with Gasteiger partial charge in [-0.3, -0.25) is 14.5 Å². The van der Waals surface area contributed by atoms with Crippen LogP contribution in [0.1, 0.15) is 36.1 Å². The highest BCUT2D eigenvalue weighted by molar-refractivity contribution is 6.19. The summed E-state index contributed by atoms with van der Waals surface area (Å²) in [6.07, 6.45) is 2.06. The molecule has 0 radical (unpaired) electrons. The van der Waals surface area contributed by atoms with Crippen molar-refractivity contribution in [3.8, 4) is 29.1 Å². The summed E-state index contributed by atoms with van der Waals surface area (Å²) in [5.74, 6) is 1.18. The molecule has 1 heterocycles. The van der Waals surface area contributed by atoms with Gasteiger partial charge in [0.05, 0.1) is 20.8 Å². The zero-order valence-corrected chi connectivity index (χ0v) is 24.5. The maximum atomic E-state index is 13.6. The molecule has 0 atom stereocenters. The minimum atomic E-state index is -0.604. The molecule has 0 unspecified atom stereocenters. The number of ether oxygens (including phenoxy) is 4. The molecule has 4 rings (SSSR count). The van der Waals surface area contributed by atoms with Crippen molar-refractivity contribution in [1.29, 1.82) is 5.26 Å². The molecule has 0 aromatic heterocycles. The van der Waals surface area contributed by atoms with E-state index in [0.29, 0.717) is 53.8 Å². The summed E-state index contributed by atoms with van der Waals surface area (Å²) in [5.41, 5.74) is 4.29. The fourth-order valence-electron chi connectivity index (χ4n) is 4.62. The van der Waals surface area contributed by atoms with Crippen LogP contribution in [0.4, 0.5) is 0 Å². The van der Waals surface area contributed by atoms with Gasteiger partial charge in [-0.15, -0.1) is 0 Å². The second-order valence-corrected chi connectivity index (χ2v) is 9.78. The number of methoxy groups -OCH3 is 2.